The number of aliphatic hydroxyl groups is 1. The van der Waals surface area contributed by atoms with E-state index in [1.165, 1.54) is 11.1 Å². The van der Waals surface area contributed by atoms with Gasteiger partial charge in [-0.25, -0.2) is 0 Å². The van der Waals surface area contributed by atoms with Crippen LogP contribution in [0, 0.1) is 20.8 Å². The first-order valence-electron chi connectivity index (χ1n) is 6.42. The predicted molar refractivity (Wildman–Crippen MR) is 77.7 cm³/mol. The third-order valence-electron chi connectivity index (χ3n) is 3.33. The molecule has 2 aromatic rings. The molecular weight excluding hydrogens is 236 g/mol. The van der Waals surface area contributed by atoms with E-state index in [-0.39, 0.29) is 0 Å². The van der Waals surface area contributed by atoms with Crippen LogP contribution in [0.3, 0.4) is 0 Å². The van der Waals surface area contributed by atoms with Crippen molar-refractivity contribution >= 4 is 0 Å². The van der Waals surface area contributed by atoms with E-state index in [4.69, 9.17) is 4.74 Å². The molecule has 0 bridgehead atoms. The highest BCUT2D eigenvalue weighted by Gasteiger charge is 2.14. The van der Waals surface area contributed by atoms with Crippen LogP contribution in [0.15, 0.2) is 36.4 Å². The molecule has 2 rings (SSSR count). The lowest BCUT2D eigenvalue weighted by atomic mass is 9.95. The van der Waals surface area contributed by atoms with Crippen LogP contribution in [0.5, 0.6) is 5.75 Å². The number of benzene rings is 2. The Labute approximate surface area is 114 Å². The van der Waals surface area contributed by atoms with E-state index >= 15 is 0 Å². The Kier molecular flexibility index (Phi) is 3.91. The van der Waals surface area contributed by atoms with E-state index in [9.17, 15) is 5.11 Å². The maximum atomic E-state index is 10.5. The molecular formula is C17H20O2. The second-order valence-corrected chi connectivity index (χ2v) is 5.05. The summed E-state index contributed by atoms with van der Waals surface area (Å²) in [7, 11) is 1.65. The van der Waals surface area contributed by atoms with Crippen LogP contribution in [0.4, 0.5) is 0 Å². The quantitative estimate of drug-likeness (QED) is 0.907. The van der Waals surface area contributed by atoms with Gasteiger partial charge in [0.05, 0.1) is 7.11 Å². The lowest BCUT2D eigenvalue weighted by molar-refractivity contribution is 0.219. The van der Waals surface area contributed by atoms with Crippen LogP contribution < -0.4 is 4.74 Å². The Bertz CT molecular complexity index is 568. The van der Waals surface area contributed by atoms with Crippen molar-refractivity contribution in [3.8, 4) is 5.75 Å². The summed E-state index contributed by atoms with van der Waals surface area (Å²) in [6.45, 7) is 6.08. The van der Waals surface area contributed by atoms with E-state index in [2.05, 4.69) is 6.07 Å². The van der Waals surface area contributed by atoms with Crippen molar-refractivity contribution in [2.45, 2.75) is 26.9 Å². The van der Waals surface area contributed by atoms with Crippen molar-refractivity contribution in [3.63, 3.8) is 0 Å². The molecule has 0 amide bonds. The largest absolute Gasteiger partial charge is 0.497 e. The molecule has 0 fully saturated rings. The Hall–Kier alpha value is -1.80. The molecule has 0 aliphatic heterocycles. The van der Waals surface area contributed by atoms with Gasteiger partial charge >= 0.3 is 0 Å². The van der Waals surface area contributed by atoms with Gasteiger partial charge in [-0.2, -0.15) is 0 Å². The maximum Gasteiger partial charge on any atom is 0.119 e. The smallest absolute Gasteiger partial charge is 0.119 e. The molecule has 0 aliphatic rings. The summed E-state index contributed by atoms with van der Waals surface area (Å²) in [6, 6.07) is 11.9. The second kappa shape index (κ2) is 5.45. The molecule has 1 N–H and O–H groups in total. The minimum absolute atomic E-state index is 0.593. The van der Waals surface area contributed by atoms with Gasteiger partial charge in [0, 0.05) is 0 Å². The lowest BCUT2D eigenvalue weighted by Gasteiger charge is -2.16. The third kappa shape index (κ3) is 2.96. The first-order valence-corrected chi connectivity index (χ1v) is 6.42. The molecule has 2 nitrogen and oxygen atoms in total. The molecule has 0 spiro atoms. The summed E-state index contributed by atoms with van der Waals surface area (Å²) < 4.78 is 5.19. The van der Waals surface area contributed by atoms with Crippen molar-refractivity contribution in [2.75, 3.05) is 7.11 Å². The number of hydrogen-bond donors (Lipinski definition) is 1. The highest BCUT2D eigenvalue weighted by molar-refractivity contribution is 5.41. The Morgan fingerprint density at radius 1 is 0.947 bits per heavy atom. The van der Waals surface area contributed by atoms with Crippen molar-refractivity contribution in [3.05, 3.63) is 64.2 Å². The van der Waals surface area contributed by atoms with Crippen molar-refractivity contribution in [1.29, 1.82) is 0 Å². The van der Waals surface area contributed by atoms with Crippen LogP contribution in [0.1, 0.15) is 33.9 Å². The summed E-state index contributed by atoms with van der Waals surface area (Å²) >= 11 is 0. The fourth-order valence-electron chi connectivity index (χ4n) is 2.43. The third-order valence-corrected chi connectivity index (χ3v) is 3.33. The summed E-state index contributed by atoms with van der Waals surface area (Å²) in [5.41, 5.74) is 5.23. The first-order chi connectivity index (χ1) is 9.01. The normalized spacial score (nSPS) is 12.3. The van der Waals surface area contributed by atoms with E-state index in [0.29, 0.717) is 0 Å². The Morgan fingerprint density at radius 3 is 2.11 bits per heavy atom. The number of aryl methyl sites for hydroxylation is 3. The van der Waals surface area contributed by atoms with E-state index < -0.39 is 6.10 Å². The van der Waals surface area contributed by atoms with Crippen molar-refractivity contribution in [1.82, 2.24) is 0 Å². The average molecular weight is 256 g/mol. The Balaban J connectivity index is 2.40. The standard InChI is InChI=1S/C17H20O2/c1-11-7-12(2)9-14(8-11)17(18)16-6-5-15(19-4)10-13(16)3/h5-10,17-18H,1-4H3. The Morgan fingerprint density at radius 2 is 1.58 bits per heavy atom. The number of aliphatic hydroxyl groups excluding tert-OH is 1. The van der Waals surface area contributed by atoms with Crippen LogP contribution >= 0.6 is 0 Å². The molecule has 1 unspecified atom stereocenters. The monoisotopic (exact) mass is 256 g/mol. The number of ether oxygens (including phenoxy) is 1. The molecule has 0 saturated carbocycles. The van der Waals surface area contributed by atoms with Crippen molar-refractivity contribution in [2.24, 2.45) is 0 Å². The number of hydrogen-bond acceptors (Lipinski definition) is 2. The van der Waals surface area contributed by atoms with Crippen LogP contribution in [-0.4, -0.2) is 12.2 Å². The molecule has 19 heavy (non-hydrogen) atoms. The van der Waals surface area contributed by atoms with Crippen LogP contribution in [0.2, 0.25) is 0 Å². The molecule has 0 radical (unpaired) electrons. The molecule has 2 aromatic carbocycles. The summed E-state index contributed by atoms with van der Waals surface area (Å²) in [5.74, 6) is 0.814. The topological polar surface area (TPSA) is 29.5 Å². The molecule has 0 saturated heterocycles. The van der Waals surface area contributed by atoms with Gasteiger partial charge in [0.2, 0.25) is 0 Å². The fraction of sp³-hybridized carbons (Fsp3) is 0.294. The number of methoxy groups -OCH3 is 1. The molecule has 2 heteroatoms. The van der Waals surface area contributed by atoms with Crippen LogP contribution in [0.25, 0.3) is 0 Å². The van der Waals surface area contributed by atoms with E-state index in [0.717, 1.165) is 22.4 Å². The van der Waals surface area contributed by atoms with Crippen molar-refractivity contribution < 1.29 is 9.84 Å². The molecule has 0 heterocycles. The number of rotatable bonds is 3. The molecule has 0 aliphatic carbocycles. The van der Waals surface area contributed by atoms with Gasteiger partial charge < -0.3 is 9.84 Å². The first kappa shape index (κ1) is 13.6. The average Bonchev–Trinajstić information content (AvgIpc) is 2.36. The molecule has 1 atom stereocenters. The maximum absolute atomic E-state index is 10.5. The van der Waals surface area contributed by atoms with Gasteiger partial charge in [0.1, 0.15) is 11.9 Å². The van der Waals surface area contributed by atoms with Gasteiger partial charge in [0.25, 0.3) is 0 Å². The summed E-state index contributed by atoms with van der Waals surface area (Å²) in [5, 5.41) is 10.5. The van der Waals surface area contributed by atoms with Gasteiger partial charge in [-0.05, 0) is 49.6 Å². The lowest BCUT2D eigenvalue weighted by Crippen LogP contribution is -2.03. The zero-order valence-electron chi connectivity index (χ0n) is 11.9. The van der Waals surface area contributed by atoms with Gasteiger partial charge in [-0.15, -0.1) is 0 Å². The van der Waals surface area contributed by atoms with Gasteiger partial charge in [-0.1, -0.05) is 35.4 Å². The van der Waals surface area contributed by atoms with E-state index in [1.807, 2.05) is 51.1 Å². The minimum Gasteiger partial charge on any atom is -0.497 e. The predicted octanol–water partition coefficient (Wildman–Crippen LogP) is 3.70. The van der Waals surface area contributed by atoms with Crippen LogP contribution in [-0.2, 0) is 0 Å². The second-order valence-electron chi connectivity index (χ2n) is 5.05. The van der Waals surface area contributed by atoms with E-state index in [1.54, 1.807) is 7.11 Å². The zero-order chi connectivity index (χ0) is 14.0. The summed E-state index contributed by atoms with van der Waals surface area (Å²) in [6.07, 6.45) is -0.593. The summed E-state index contributed by atoms with van der Waals surface area (Å²) in [4.78, 5) is 0. The molecule has 100 valence electrons. The van der Waals surface area contributed by atoms with Gasteiger partial charge in [-0.3, -0.25) is 0 Å². The highest BCUT2D eigenvalue weighted by Crippen LogP contribution is 2.28. The SMILES string of the molecule is COc1ccc(C(O)c2cc(C)cc(C)c2)c(C)c1. The zero-order valence-corrected chi connectivity index (χ0v) is 11.9. The minimum atomic E-state index is -0.593. The van der Waals surface area contributed by atoms with Gasteiger partial charge in [0.15, 0.2) is 0 Å². The highest BCUT2D eigenvalue weighted by atomic mass is 16.5. The fourth-order valence-corrected chi connectivity index (χ4v) is 2.43. The molecule has 0 aromatic heterocycles.